The summed E-state index contributed by atoms with van der Waals surface area (Å²) >= 11 is 0. The zero-order chi connectivity index (χ0) is 28.6. The highest BCUT2D eigenvalue weighted by atomic mass is 19.4. The van der Waals surface area contributed by atoms with Crippen molar-refractivity contribution in [2.75, 3.05) is 44.2 Å². The van der Waals surface area contributed by atoms with Crippen LogP contribution in [0.25, 0.3) is 0 Å². The van der Waals surface area contributed by atoms with Crippen LogP contribution in [0.15, 0.2) is 18.2 Å². The van der Waals surface area contributed by atoms with Crippen molar-refractivity contribution in [2.45, 2.75) is 64.0 Å². The van der Waals surface area contributed by atoms with E-state index in [0.717, 1.165) is 21.7 Å². The number of rotatable bonds is 5. The molecule has 3 heterocycles. The Morgan fingerprint density at radius 3 is 2.15 bits per heavy atom. The van der Waals surface area contributed by atoms with Crippen molar-refractivity contribution in [3.05, 3.63) is 29.3 Å². The lowest BCUT2D eigenvalue weighted by molar-refractivity contribution is -0.308. The predicted molar refractivity (Wildman–Crippen MR) is 129 cm³/mol. The molecule has 39 heavy (non-hydrogen) atoms. The van der Waals surface area contributed by atoms with Gasteiger partial charge in [0.2, 0.25) is 0 Å². The van der Waals surface area contributed by atoms with Crippen molar-refractivity contribution in [1.29, 1.82) is 0 Å². The van der Waals surface area contributed by atoms with Crippen LogP contribution in [0.5, 0.6) is 0 Å². The fraction of sp³-hybridized carbons (Fsp3) is 0.692. The summed E-state index contributed by atoms with van der Waals surface area (Å²) in [5.74, 6) is -1.09. The lowest BCUT2D eigenvalue weighted by Gasteiger charge is -2.40. The van der Waals surface area contributed by atoms with E-state index >= 15 is 0 Å². The van der Waals surface area contributed by atoms with Crippen molar-refractivity contribution >= 4 is 17.7 Å². The quantitative estimate of drug-likeness (QED) is 0.494. The van der Waals surface area contributed by atoms with Crippen LogP contribution in [0.4, 0.5) is 36.8 Å². The van der Waals surface area contributed by atoms with Crippen LogP contribution in [0, 0.1) is 18.3 Å². The number of piperidine rings is 2. The molecule has 7 nitrogen and oxygen atoms in total. The molecule has 1 amide bonds. The number of nitrogens with zero attached hydrogens (tertiary/aromatic N) is 3. The topological polar surface area (TPSA) is 73.3 Å². The largest absolute Gasteiger partial charge is 0.481 e. The number of aliphatic carboxylic acids is 1. The molecule has 3 aliphatic rings. The zero-order valence-corrected chi connectivity index (χ0v) is 21.7. The Hall–Kier alpha value is -2.70. The maximum atomic E-state index is 12.8. The summed E-state index contributed by atoms with van der Waals surface area (Å²) in [5, 5.41) is 9.30. The molecule has 0 aliphatic carbocycles. The van der Waals surface area contributed by atoms with Crippen molar-refractivity contribution < 1.29 is 45.8 Å². The van der Waals surface area contributed by atoms with Gasteiger partial charge in [-0.05, 0) is 74.7 Å². The van der Waals surface area contributed by atoms with Gasteiger partial charge < -0.3 is 19.6 Å². The first kappa shape index (κ1) is 29.3. The number of benzene rings is 1. The number of ether oxygens (including phenoxy) is 1. The Balaban J connectivity index is 1.34. The molecule has 0 aromatic heterocycles. The molecule has 1 aromatic carbocycles. The van der Waals surface area contributed by atoms with Crippen LogP contribution < -0.4 is 4.90 Å². The molecule has 3 aliphatic heterocycles. The Morgan fingerprint density at radius 2 is 1.59 bits per heavy atom. The SMILES string of the molecule is Cc1ccc(CN2CCC3(CC2)CCN(C(=O)OC(C(F)(F)F)C(F)(F)F)C3)c(N2CCC(C(=O)O)CC2)c1. The summed E-state index contributed by atoms with van der Waals surface area (Å²) in [4.78, 5) is 29.0. The number of likely N-dealkylation sites (tertiary alicyclic amines) is 2. The highest BCUT2D eigenvalue weighted by molar-refractivity contribution is 5.70. The number of carboxylic acids is 1. The Morgan fingerprint density at radius 1 is 1.00 bits per heavy atom. The van der Waals surface area contributed by atoms with Crippen molar-refractivity contribution in [3.63, 3.8) is 0 Å². The van der Waals surface area contributed by atoms with E-state index in [0.29, 0.717) is 64.8 Å². The minimum absolute atomic E-state index is 0.0513. The molecule has 4 rings (SSSR count). The number of anilines is 1. The second-order valence-corrected chi connectivity index (χ2v) is 11.0. The number of hydrogen-bond acceptors (Lipinski definition) is 5. The van der Waals surface area contributed by atoms with E-state index in [4.69, 9.17) is 0 Å². The Kier molecular flexibility index (Phi) is 8.30. The van der Waals surface area contributed by atoms with Crippen molar-refractivity contribution in [1.82, 2.24) is 9.80 Å². The highest BCUT2D eigenvalue weighted by Crippen LogP contribution is 2.42. The molecule has 0 atom stereocenters. The second-order valence-electron chi connectivity index (χ2n) is 11.0. The first-order valence-corrected chi connectivity index (χ1v) is 13.1. The number of carboxylic acid groups (broad SMARTS) is 1. The lowest BCUT2D eigenvalue weighted by atomic mass is 9.77. The molecule has 0 unspecified atom stereocenters. The summed E-state index contributed by atoms with van der Waals surface area (Å²) in [6.07, 6.45) is -14.2. The Labute approximate surface area is 222 Å². The van der Waals surface area contributed by atoms with Gasteiger partial charge in [-0.15, -0.1) is 0 Å². The van der Waals surface area contributed by atoms with Gasteiger partial charge in [0.25, 0.3) is 6.10 Å². The molecule has 1 aromatic rings. The summed E-state index contributed by atoms with van der Waals surface area (Å²) in [6.45, 7) is 5.44. The summed E-state index contributed by atoms with van der Waals surface area (Å²) in [6, 6.07) is 6.21. The van der Waals surface area contributed by atoms with Gasteiger partial charge in [0, 0.05) is 38.4 Å². The number of carbonyl (C=O) groups excluding carboxylic acids is 1. The van der Waals surface area contributed by atoms with Gasteiger partial charge >= 0.3 is 24.4 Å². The molecule has 3 saturated heterocycles. The summed E-state index contributed by atoms with van der Waals surface area (Å²) in [7, 11) is 0. The number of carbonyl (C=O) groups is 2. The van der Waals surface area contributed by atoms with E-state index in [1.54, 1.807) is 0 Å². The molecular formula is C26H33F6N3O4. The van der Waals surface area contributed by atoms with Gasteiger partial charge in [0.15, 0.2) is 0 Å². The zero-order valence-electron chi connectivity index (χ0n) is 21.7. The monoisotopic (exact) mass is 565 g/mol. The minimum Gasteiger partial charge on any atom is -0.481 e. The second kappa shape index (κ2) is 11.1. The van der Waals surface area contributed by atoms with Gasteiger partial charge in [0.05, 0.1) is 5.92 Å². The first-order valence-electron chi connectivity index (χ1n) is 13.1. The van der Waals surface area contributed by atoms with E-state index in [2.05, 4.69) is 26.7 Å². The van der Waals surface area contributed by atoms with E-state index in [9.17, 15) is 41.0 Å². The molecule has 0 radical (unpaired) electrons. The summed E-state index contributed by atoms with van der Waals surface area (Å²) < 4.78 is 80.7. The number of aryl methyl sites for hydroxylation is 1. The molecule has 1 N–H and O–H groups in total. The third kappa shape index (κ3) is 6.90. The number of hydrogen-bond donors (Lipinski definition) is 1. The number of halogens is 6. The maximum absolute atomic E-state index is 12.8. The number of alkyl halides is 6. The van der Waals surface area contributed by atoms with E-state index in [1.165, 1.54) is 0 Å². The molecular weight excluding hydrogens is 532 g/mol. The standard InChI is InChI=1S/C26H33F6N3O4/c1-17-2-3-19(20(14-17)34-9-4-18(5-10-34)21(36)37)15-33-11-6-24(7-12-33)8-13-35(16-24)23(38)39-22(25(27,28)29)26(30,31)32/h2-3,14,18,22H,4-13,15-16H2,1H3,(H,36,37). The molecule has 0 saturated carbocycles. The van der Waals surface area contributed by atoms with Gasteiger partial charge in [-0.1, -0.05) is 12.1 Å². The van der Waals surface area contributed by atoms with E-state index in [1.807, 2.05) is 13.0 Å². The smallest absolute Gasteiger partial charge is 0.434 e. The molecule has 13 heteroatoms. The van der Waals surface area contributed by atoms with Crippen LogP contribution in [-0.4, -0.2) is 84.7 Å². The Bertz CT molecular complexity index is 1030. The normalized spacial score (nSPS) is 21.1. The fourth-order valence-electron chi connectivity index (χ4n) is 5.89. The van der Waals surface area contributed by atoms with Gasteiger partial charge in [-0.2, -0.15) is 26.3 Å². The third-order valence-corrected chi connectivity index (χ3v) is 8.25. The van der Waals surface area contributed by atoms with E-state index in [-0.39, 0.29) is 24.4 Å². The average molecular weight is 566 g/mol. The van der Waals surface area contributed by atoms with Gasteiger partial charge in [-0.3, -0.25) is 9.69 Å². The summed E-state index contributed by atoms with van der Waals surface area (Å²) in [5.41, 5.74) is 2.93. The van der Waals surface area contributed by atoms with Crippen molar-refractivity contribution in [2.24, 2.45) is 11.3 Å². The van der Waals surface area contributed by atoms with Crippen LogP contribution in [0.2, 0.25) is 0 Å². The number of amides is 1. The van der Waals surface area contributed by atoms with E-state index < -0.39 is 30.5 Å². The van der Waals surface area contributed by atoms with Gasteiger partial charge in [0.1, 0.15) is 0 Å². The average Bonchev–Trinajstić information content (AvgIpc) is 3.27. The van der Waals surface area contributed by atoms with Crippen LogP contribution in [0.3, 0.4) is 0 Å². The molecule has 1 spiro atoms. The molecule has 3 fully saturated rings. The molecule has 0 bridgehead atoms. The third-order valence-electron chi connectivity index (χ3n) is 8.25. The van der Waals surface area contributed by atoms with Crippen LogP contribution in [0.1, 0.15) is 43.2 Å². The first-order chi connectivity index (χ1) is 18.2. The van der Waals surface area contributed by atoms with Crippen molar-refractivity contribution in [3.8, 4) is 0 Å². The van der Waals surface area contributed by atoms with Crippen LogP contribution >= 0.6 is 0 Å². The lowest BCUT2D eigenvalue weighted by Crippen LogP contribution is -2.48. The predicted octanol–water partition coefficient (Wildman–Crippen LogP) is 5.21. The highest BCUT2D eigenvalue weighted by Gasteiger charge is 2.60. The van der Waals surface area contributed by atoms with Crippen LogP contribution in [-0.2, 0) is 16.1 Å². The fourth-order valence-corrected chi connectivity index (χ4v) is 5.89. The minimum atomic E-state index is -5.74. The van der Waals surface area contributed by atoms with Gasteiger partial charge in [-0.25, -0.2) is 4.79 Å². The molecule has 218 valence electrons. The maximum Gasteiger partial charge on any atom is 0.434 e.